The molecule has 21 heavy (non-hydrogen) atoms. The molecule has 1 fully saturated rings. The molecule has 0 spiro atoms. The molecular weight excluding hydrogens is 350 g/mol. The first-order valence-electron chi connectivity index (χ1n) is 7.42. The van der Waals surface area contributed by atoms with Gasteiger partial charge < -0.3 is 10.6 Å². The lowest BCUT2D eigenvalue weighted by Gasteiger charge is -2.50. The number of hydrogen-bond acceptors (Lipinski definition) is 3. The lowest BCUT2D eigenvalue weighted by atomic mass is 9.75. The Bertz CT molecular complexity index is 488. The van der Waals surface area contributed by atoms with Gasteiger partial charge in [-0.2, -0.15) is 0 Å². The highest BCUT2D eigenvalue weighted by Gasteiger charge is 2.40. The van der Waals surface area contributed by atoms with E-state index in [9.17, 15) is 0 Å². The van der Waals surface area contributed by atoms with Crippen LogP contribution in [0.3, 0.4) is 0 Å². The van der Waals surface area contributed by atoms with Gasteiger partial charge in [0.1, 0.15) is 0 Å². The van der Waals surface area contributed by atoms with Gasteiger partial charge in [0.25, 0.3) is 0 Å². The van der Waals surface area contributed by atoms with Crippen molar-refractivity contribution in [2.45, 2.75) is 30.8 Å². The number of hydrogen-bond donors (Lipinski definition) is 1. The van der Waals surface area contributed by atoms with Crippen molar-refractivity contribution < 1.29 is 0 Å². The molecule has 2 N–H and O–H groups in total. The van der Waals surface area contributed by atoms with Crippen LogP contribution < -0.4 is 5.73 Å². The zero-order valence-corrected chi connectivity index (χ0v) is 15.4. The summed E-state index contributed by atoms with van der Waals surface area (Å²) in [5.41, 5.74) is 7.57. The molecular formula is C16H25BrClN3. The molecule has 118 valence electrons. The average molecular weight is 375 g/mol. The van der Waals surface area contributed by atoms with Gasteiger partial charge in [-0.3, -0.25) is 4.90 Å². The normalized spacial score (nSPS) is 18.9. The first-order valence-corrected chi connectivity index (χ1v) is 8.59. The monoisotopic (exact) mass is 373 g/mol. The van der Waals surface area contributed by atoms with E-state index in [0.717, 1.165) is 16.0 Å². The number of likely N-dealkylation sites (N-methyl/N-ethyl adjacent to an activating group) is 2. The molecule has 0 aliphatic heterocycles. The molecule has 3 nitrogen and oxygen atoms in total. The van der Waals surface area contributed by atoms with Crippen LogP contribution in [0.2, 0.25) is 5.02 Å². The first-order chi connectivity index (χ1) is 9.89. The Morgan fingerprint density at radius 1 is 1.33 bits per heavy atom. The first kappa shape index (κ1) is 17.2. The van der Waals surface area contributed by atoms with Gasteiger partial charge in [-0.25, -0.2) is 0 Å². The molecule has 0 amide bonds. The molecule has 1 aromatic carbocycles. The predicted molar refractivity (Wildman–Crippen MR) is 93.8 cm³/mol. The minimum atomic E-state index is 0.219. The molecule has 1 unspecified atom stereocenters. The molecule has 2 rings (SSSR count). The fourth-order valence-electron chi connectivity index (χ4n) is 3.20. The third-order valence-electron chi connectivity index (χ3n) is 4.86. The molecule has 1 atom stereocenters. The van der Waals surface area contributed by atoms with Crippen LogP contribution in [0.1, 0.15) is 30.9 Å². The Morgan fingerprint density at radius 3 is 2.43 bits per heavy atom. The second-order valence-electron chi connectivity index (χ2n) is 6.31. The Hall–Kier alpha value is -0.130. The number of halogens is 2. The van der Waals surface area contributed by atoms with Crippen LogP contribution in [-0.4, -0.2) is 49.6 Å². The summed E-state index contributed by atoms with van der Waals surface area (Å²) >= 11 is 9.59. The van der Waals surface area contributed by atoms with E-state index in [4.69, 9.17) is 17.3 Å². The van der Waals surface area contributed by atoms with E-state index < -0.39 is 0 Å². The zero-order chi connectivity index (χ0) is 15.6. The second kappa shape index (κ2) is 6.97. The summed E-state index contributed by atoms with van der Waals surface area (Å²) in [7, 11) is 6.54. The van der Waals surface area contributed by atoms with Crippen LogP contribution in [0.5, 0.6) is 0 Å². The minimum Gasteiger partial charge on any atom is -0.329 e. The van der Waals surface area contributed by atoms with Crippen molar-refractivity contribution >= 4 is 27.5 Å². The fraction of sp³-hybridized carbons (Fsp3) is 0.625. The summed E-state index contributed by atoms with van der Waals surface area (Å²) < 4.78 is 0.930. The standard InChI is InChI=1S/C16H25BrClN3/c1-20(2)16(7-4-8-16)11-21(3)15(10-19)12-5-6-14(18)13(17)9-12/h5-6,9,15H,4,7-8,10-11,19H2,1-3H3. The quantitative estimate of drug-likeness (QED) is 0.827. The predicted octanol–water partition coefficient (Wildman–Crippen LogP) is 3.52. The fourth-order valence-corrected chi connectivity index (χ4v) is 3.71. The Morgan fingerprint density at radius 2 is 2.00 bits per heavy atom. The SMILES string of the molecule is CN(CC1(N(C)C)CCC1)C(CN)c1ccc(Cl)c(Br)c1. The third-order valence-corrected chi connectivity index (χ3v) is 6.07. The van der Waals surface area contributed by atoms with Crippen molar-refractivity contribution in [1.82, 2.24) is 9.80 Å². The molecule has 1 aliphatic rings. The third kappa shape index (κ3) is 3.62. The summed E-state index contributed by atoms with van der Waals surface area (Å²) in [6.07, 6.45) is 3.86. The lowest BCUT2D eigenvalue weighted by Crippen LogP contribution is -2.57. The molecule has 0 heterocycles. The number of benzene rings is 1. The largest absolute Gasteiger partial charge is 0.329 e. The Labute approximate surface area is 141 Å². The van der Waals surface area contributed by atoms with Gasteiger partial charge in [0, 0.05) is 29.1 Å². The summed E-state index contributed by atoms with van der Waals surface area (Å²) in [6, 6.07) is 6.31. The van der Waals surface area contributed by atoms with Gasteiger partial charge in [-0.1, -0.05) is 17.7 Å². The summed E-state index contributed by atoms with van der Waals surface area (Å²) in [6.45, 7) is 1.65. The smallest absolute Gasteiger partial charge is 0.0548 e. The average Bonchev–Trinajstić information content (AvgIpc) is 2.38. The van der Waals surface area contributed by atoms with Crippen molar-refractivity contribution in [3.8, 4) is 0 Å². The Kier molecular flexibility index (Phi) is 5.71. The highest BCUT2D eigenvalue weighted by atomic mass is 79.9. The maximum atomic E-state index is 6.09. The van der Waals surface area contributed by atoms with Crippen LogP contribution in [0, 0.1) is 0 Å². The summed E-state index contributed by atoms with van der Waals surface area (Å²) in [5, 5.41) is 0.737. The highest BCUT2D eigenvalue weighted by Crippen LogP contribution is 2.38. The van der Waals surface area contributed by atoms with E-state index in [2.05, 4.69) is 59.0 Å². The van der Waals surface area contributed by atoms with Crippen molar-refractivity contribution in [3.05, 3.63) is 33.3 Å². The van der Waals surface area contributed by atoms with E-state index >= 15 is 0 Å². The number of nitrogens with two attached hydrogens (primary N) is 1. The van der Waals surface area contributed by atoms with E-state index in [1.807, 2.05) is 6.07 Å². The van der Waals surface area contributed by atoms with E-state index in [0.29, 0.717) is 12.1 Å². The molecule has 0 radical (unpaired) electrons. The van der Waals surface area contributed by atoms with Crippen LogP contribution in [-0.2, 0) is 0 Å². The topological polar surface area (TPSA) is 32.5 Å². The Balaban J connectivity index is 2.14. The van der Waals surface area contributed by atoms with Crippen molar-refractivity contribution in [1.29, 1.82) is 0 Å². The van der Waals surface area contributed by atoms with Crippen molar-refractivity contribution in [2.75, 3.05) is 34.2 Å². The van der Waals surface area contributed by atoms with Gasteiger partial charge in [-0.05, 0) is 74.0 Å². The molecule has 0 saturated heterocycles. The maximum Gasteiger partial charge on any atom is 0.0548 e. The van der Waals surface area contributed by atoms with Crippen LogP contribution in [0.4, 0.5) is 0 Å². The maximum absolute atomic E-state index is 6.09. The minimum absolute atomic E-state index is 0.219. The van der Waals surface area contributed by atoms with Gasteiger partial charge in [0.05, 0.1) is 5.02 Å². The van der Waals surface area contributed by atoms with Crippen LogP contribution in [0.25, 0.3) is 0 Å². The van der Waals surface area contributed by atoms with Crippen molar-refractivity contribution in [2.24, 2.45) is 5.73 Å². The van der Waals surface area contributed by atoms with Gasteiger partial charge >= 0.3 is 0 Å². The van der Waals surface area contributed by atoms with Crippen LogP contribution in [0.15, 0.2) is 22.7 Å². The van der Waals surface area contributed by atoms with E-state index in [-0.39, 0.29) is 6.04 Å². The second-order valence-corrected chi connectivity index (χ2v) is 7.57. The molecule has 0 aromatic heterocycles. The molecule has 0 bridgehead atoms. The molecule has 1 aliphatic carbocycles. The molecule has 1 aromatic rings. The number of rotatable bonds is 6. The number of nitrogens with zero attached hydrogens (tertiary/aromatic N) is 2. The lowest BCUT2D eigenvalue weighted by molar-refractivity contribution is 0.0168. The van der Waals surface area contributed by atoms with Gasteiger partial charge in [0.2, 0.25) is 0 Å². The van der Waals surface area contributed by atoms with E-state index in [1.54, 1.807) is 0 Å². The van der Waals surface area contributed by atoms with Crippen LogP contribution >= 0.6 is 27.5 Å². The van der Waals surface area contributed by atoms with Gasteiger partial charge in [0.15, 0.2) is 0 Å². The summed E-state index contributed by atoms with van der Waals surface area (Å²) in [5.74, 6) is 0. The van der Waals surface area contributed by atoms with Crippen molar-refractivity contribution in [3.63, 3.8) is 0 Å². The van der Waals surface area contributed by atoms with E-state index in [1.165, 1.54) is 24.8 Å². The van der Waals surface area contributed by atoms with Gasteiger partial charge in [-0.15, -0.1) is 0 Å². The molecule has 1 saturated carbocycles. The summed E-state index contributed by atoms with van der Waals surface area (Å²) in [4.78, 5) is 4.76. The highest BCUT2D eigenvalue weighted by molar-refractivity contribution is 9.10. The zero-order valence-electron chi connectivity index (χ0n) is 13.1. The molecule has 5 heteroatoms.